The first kappa shape index (κ1) is 12.9. The number of benzene rings is 1. The number of ether oxygens (including phenoxy) is 1. The lowest BCUT2D eigenvalue weighted by Gasteiger charge is -2.17. The summed E-state index contributed by atoms with van der Waals surface area (Å²) >= 11 is 0. The van der Waals surface area contributed by atoms with Gasteiger partial charge in [-0.15, -0.1) is 0 Å². The zero-order valence-electron chi connectivity index (χ0n) is 11.3. The van der Waals surface area contributed by atoms with E-state index in [1.165, 1.54) is 5.56 Å². The number of nitrogens with zero attached hydrogens (tertiary/aromatic N) is 1. The van der Waals surface area contributed by atoms with Gasteiger partial charge in [0.05, 0.1) is 6.54 Å². The van der Waals surface area contributed by atoms with Crippen molar-refractivity contribution in [2.24, 2.45) is 11.8 Å². The van der Waals surface area contributed by atoms with Crippen LogP contribution in [0.1, 0.15) is 18.9 Å². The Bertz CT molecular complexity index is 413. The molecule has 1 aliphatic rings. The van der Waals surface area contributed by atoms with E-state index in [0.29, 0.717) is 19.1 Å². The van der Waals surface area contributed by atoms with E-state index >= 15 is 0 Å². The van der Waals surface area contributed by atoms with E-state index < -0.39 is 0 Å². The predicted molar refractivity (Wildman–Crippen MR) is 71.6 cm³/mol. The van der Waals surface area contributed by atoms with Gasteiger partial charge in [0.1, 0.15) is 12.4 Å². The Morgan fingerprint density at radius 1 is 1.39 bits per heavy atom. The van der Waals surface area contributed by atoms with Gasteiger partial charge in [0, 0.05) is 13.0 Å². The van der Waals surface area contributed by atoms with Gasteiger partial charge in [-0.1, -0.05) is 24.6 Å². The maximum atomic E-state index is 11.9. The first-order chi connectivity index (χ1) is 8.58. The van der Waals surface area contributed by atoms with Crippen LogP contribution in [0.15, 0.2) is 24.3 Å². The Labute approximate surface area is 109 Å². The zero-order valence-corrected chi connectivity index (χ0v) is 11.3. The van der Waals surface area contributed by atoms with Crippen LogP contribution in [0.3, 0.4) is 0 Å². The lowest BCUT2D eigenvalue weighted by atomic mass is 10.2. The monoisotopic (exact) mass is 247 g/mol. The third-order valence-corrected chi connectivity index (χ3v) is 3.52. The van der Waals surface area contributed by atoms with E-state index in [9.17, 15) is 4.79 Å². The maximum absolute atomic E-state index is 11.9. The van der Waals surface area contributed by atoms with Gasteiger partial charge in [-0.25, -0.2) is 0 Å². The molecule has 98 valence electrons. The number of hydrogen-bond acceptors (Lipinski definition) is 2. The fraction of sp³-hybridized carbons (Fsp3) is 0.533. The van der Waals surface area contributed by atoms with Crippen LogP contribution in [0.2, 0.25) is 0 Å². The van der Waals surface area contributed by atoms with Gasteiger partial charge >= 0.3 is 0 Å². The minimum absolute atomic E-state index is 0.259. The van der Waals surface area contributed by atoms with Gasteiger partial charge in [-0.3, -0.25) is 4.79 Å². The average molecular weight is 247 g/mol. The molecule has 2 rings (SSSR count). The van der Waals surface area contributed by atoms with E-state index in [0.717, 1.165) is 12.2 Å². The van der Waals surface area contributed by atoms with Crippen molar-refractivity contribution >= 4 is 5.91 Å². The zero-order chi connectivity index (χ0) is 13.1. The highest BCUT2D eigenvalue weighted by Crippen LogP contribution is 2.38. The molecule has 1 fully saturated rings. The topological polar surface area (TPSA) is 29.5 Å². The highest BCUT2D eigenvalue weighted by molar-refractivity contribution is 5.81. The lowest BCUT2D eigenvalue weighted by molar-refractivity contribution is -0.131. The minimum Gasteiger partial charge on any atom is -0.492 e. The SMILES string of the molecule is Cc1ccc(OCCN(C)C(=O)[C@@H]2C[C@H]2C)cc1. The lowest BCUT2D eigenvalue weighted by Crippen LogP contribution is -2.32. The van der Waals surface area contributed by atoms with Crippen molar-refractivity contribution in [2.45, 2.75) is 20.3 Å². The molecule has 3 heteroatoms. The van der Waals surface area contributed by atoms with Crippen LogP contribution in [0, 0.1) is 18.8 Å². The number of carbonyl (C=O) groups excluding carboxylic acids is 1. The fourth-order valence-electron chi connectivity index (χ4n) is 1.99. The molecule has 0 radical (unpaired) electrons. The second kappa shape index (κ2) is 5.42. The smallest absolute Gasteiger partial charge is 0.225 e. The van der Waals surface area contributed by atoms with Crippen LogP contribution >= 0.6 is 0 Å². The quantitative estimate of drug-likeness (QED) is 0.800. The number of aryl methyl sites for hydroxylation is 1. The van der Waals surface area contributed by atoms with E-state index in [-0.39, 0.29) is 11.8 Å². The standard InChI is InChI=1S/C15H21NO2/c1-11-4-6-13(7-5-11)18-9-8-16(3)15(17)14-10-12(14)2/h4-7,12,14H,8-10H2,1-3H3/t12-,14-/m1/s1. The number of hydrogen-bond donors (Lipinski definition) is 0. The Hall–Kier alpha value is -1.51. The fourth-order valence-corrected chi connectivity index (χ4v) is 1.99. The van der Waals surface area contributed by atoms with Gasteiger partial charge in [-0.05, 0) is 31.4 Å². The molecule has 1 aromatic carbocycles. The molecule has 1 saturated carbocycles. The minimum atomic E-state index is 0.259. The van der Waals surface area contributed by atoms with Crippen LogP contribution in [-0.2, 0) is 4.79 Å². The number of amides is 1. The van der Waals surface area contributed by atoms with Gasteiger partial charge in [0.2, 0.25) is 5.91 Å². The third kappa shape index (κ3) is 3.25. The summed E-state index contributed by atoms with van der Waals surface area (Å²) in [5, 5.41) is 0. The van der Waals surface area contributed by atoms with E-state index in [2.05, 4.69) is 6.92 Å². The van der Waals surface area contributed by atoms with Crippen molar-refractivity contribution < 1.29 is 9.53 Å². The molecule has 1 amide bonds. The first-order valence-corrected chi connectivity index (χ1v) is 6.52. The van der Waals surface area contributed by atoms with Crippen LogP contribution < -0.4 is 4.74 Å². The number of carbonyl (C=O) groups is 1. The molecular weight excluding hydrogens is 226 g/mol. The van der Waals surface area contributed by atoms with Crippen LogP contribution in [0.4, 0.5) is 0 Å². The molecule has 3 nitrogen and oxygen atoms in total. The Balaban J connectivity index is 1.71. The van der Waals surface area contributed by atoms with E-state index in [1.54, 1.807) is 4.90 Å². The normalized spacial score (nSPS) is 21.5. The summed E-state index contributed by atoms with van der Waals surface area (Å²) < 4.78 is 5.61. The molecule has 0 aromatic heterocycles. The largest absolute Gasteiger partial charge is 0.492 e. The second-order valence-electron chi connectivity index (χ2n) is 5.24. The van der Waals surface area contributed by atoms with Crippen LogP contribution in [0.25, 0.3) is 0 Å². The highest BCUT2D eigenvalue weighted by atomic mass is 16.5. The van der Waals surface area contributed by atoms with E-state index in [1.807, 2.05) is 38.2 Å². The van der Waals surface area contributed by atoms with Crippen molar-refractivity contribution in [1.29, 1.82) is 0 Å². The molecule has 0 bridgehead atoms. The second-order valence-corrected chi connectivity index (χ2v) is 5.24. The van der Waals surface area contributed by atoms with Gasteiger partial charge in [0.15, 0.2) is 0 Å². The molecule has 1 aromatic rings. The predicted octanol–water partition coefficient (Wildman–Crippen LogP) is 2.49. The summed E-state index contributed by atoms with van der Waals surface area (Å²) in [7, 11) is 1.85. The summed E-state index contributed by atoms with van der Waals surface area (Å²) in [5.74, 6) is 1.95. The number of likely N-dealkylation sites (N-methyl/N-ethyl adjacent to an activating group) is 1. The molecule has 0 saturated heterocycles. The summed E-state index contributed by atoms with van der Waals surface area (Å²) in [4.78, 5) is 13.7. The van der Waals surface area contributed by atoms with Gasteiger partial charge < -0.3 is 9.64 Å². The molecule has 2 atom stereocenters. The summed E-state index contributed by atoms with van der Waals surface area (Å²) in [6.45, 7) is 5.37. The Morgan fingerprint density at radius 3 is 2.56 bits per heavy atom. The van der Waals surface area contributed by atoms with E-state index in [4.69, 9.17) is 4.74 Å². The highest BCUT2D eigenvalue weighted by Gasteiger charge is 2.40. The molecule has 0 aliphatic heterocycles. The molecule has 0 heterocycles. The van der Waals surface area contributed by atoms with Crippen molar-refractivity contribution in [3.05, 3.63) is 29.8 Å². The molecule has 1 aliphatic carbocycles. The maximum Gasteiger partial charge on any atom is 0.225 e. The molecule has 0 unspecified atom stereocenters. The number of rotatable bonds is 5. The third-order valence-electron chi connectivity index (χ3n) is 3.52. The van der Waals surface area contributed by atoms with Crippen molar-refractivity contribution in [2.75, 3.05) is 20.2 Å². The van der Waals surface area contributed by atoms with Crippen molar-refractivity contribution in [1.82, 2.24) is 4.90 Å². The van der Waals surface area contributed by atoms with Crippen molar-refractivity contribution in [3.63, 3.8) is 0 Å². The van der Waals surface area contributed by atoms with Crippen LogP contribution in [-0.4, -0.2) is 31.0 Å². The Morgan fingerprint density at radius 2 is 2.00 bits per heavy atom. The van der Waals surface area contributed by atoms with Crippen molar-refractivity contribution in [3.8, 4) is 5.75 Å². The van der Waals surface area contributed by atoms with Gasteiger partial charge in [0.25, 0.3) is 0 Å². The molecule has 0 N–H and O–H groups in total. The average Bonchev–Trinajstić information content (AvgIpc) is 3.08. The summed E-state index contributed by atoms with van der Waals surface area (Å²) in [6, 6.07) is 7.96. The Kier molecular flexibility index (Phi) is 3.90. The van der Waals surface area contributed by atoms with Gasteiger partial charge in [-0.2, -0.15) is 0 Å². The molecule has 0 spiro atoms. The van der Waals surface area contributed by atoms with Crippen LogP contribution in [0.5, 0.6) is 5.75 Å². The molecule has 18 heavy (non-hydrogen) atoms. The first-order valence-electron chi connectivity index (χ1n) is 6.52. The summed E-state index contributed by atoms with van der Waals surface area (Å²) in [6.07, 6.45) is 1.04. The molecular formula is C15H21NO2. The summed E-state index contributed by atoms with van der Waals surface area (Å²) in [5.41, 5.74) is 1.22.